The van der Waals surface area contributed by atoms with E-state index in [1.165, 1.54) is 0 Å². The fourth-order valence-corrected chi connectivity index (χ4v) is 2.53. The van der Waals surface area contributed by atoms with E-state index in [0.717, 1.165) is 18.5 Å². The van der Waals surface area contributed by atoms with Gasteiger partial charge in [-0.25, -0.2) is 4.79 Å². The Morgan fingerprint density at radius 1 is 1.33 bits per heavy atom. The van der Waals surface area contributed by atoms with Crippen LogP contribution in [-0.4, -0.2) is 40.1 Å². The molecule has 1 aliphatic heterocycles. The summed E-state index contributed by atoms with van der Waals surface area (Å²) in [5.41, 5.74) is 0.835. The Morgan fingerprint density at radius 2 is 2.10 bits per heavy atom. The number of hydrogen-bond acceptors (Lipinski definition) is 3. The Morgan fingerprint density at radius 3 is 2.71 bits per heavy atom. The number of piperidine rings is 1. The van der Waals surface area contributed by atoms with Crippen LogP contribution in [0.15, 0.2) is 24.4 Å². The highest BCUT2D eigenvalue weighted by Crippen LogP contribution is 2.21. The second-order valence-corrected chi connectivity index (χ2v) is 5.34. The van der Waals surface area contributed by atoms with Crippen LogP contribution < -0.4 is 5.32 Å². The van der Waals surface area contributed by atoms with E-state index in [9.17, 15) is 9.59 Å². The van der Waals surface area contributed by atoms with Gasteiger partial charge in [-0.05, 0) is 37.3 Å². The van der Waals surface area contributed by atoms with Crippen molar-refractivity contribution in [1.82, 2.24) is 15.2 Å². The summed E-state index contributed by atoms with van der Waals surface area (Å²) in [4.78, 5) is 28.5. The zero-order valence-corrected chi connectivity index (χ0v) is 12.0. The fourth-order valence-electron chi connectivity index (χ4n) is 2.53. The van der Waals surface area contributed by atoms with Crippen molar-refractivity contribution >= 4 is 12.0 Å². The van der Waals surface area contributed by atoms with E-state index >= 15 is 0 Å². The van der Waals surface area contributed by atoms with Crippen LogP contribution in [0.25, 0.3) is 0 Å². The number of amides is 2. The molecule has 0 aliphatic carbocycles. The van der Waals surface area contributed by atoms with Crippen LogP contribution in [-0.2, 0) is 11.3 Å². The van der Waals surface area contributed by atoms with Crippen molar-refractivity contribution in [2.45, 2.75) is 32.2 Å². The molecule has 114 valence electrons. The second kappa shape index (κ2) is 7.61. The number of likely N-dealkylation sites (tertiary alicyclic amines) is 1. The van der Waals surface area contributed by atoms with E-state index in [0.29, 0.717) is 32.0 Å². The van der Waals surface area contributed by atoms with Crippen LogP contribution in [0.1, 0.15) is 31.4 Å². The molecule has 21 heavy (non-hydrogen) atoms. The van der Waals surface area contributed by atoms with Crippen molar-refractivity contribution in [2.75, 3.05) is 13.1 Å². The van der Waals surface area contributed by atoms with Crippen molar-refractivity contribution in [3.8, 4) is 0 Å². The molecule has 6 heteroatoms. The van der Waals surface area contributed by atoms with Crippen molar-refractivity contribution < 1.29 is 14.7 Å². The molecule has 6 nitrogen and oxygen atoms in total. The zero-order valence-electron chi connectivity index (χ0n) is 12.0. The lowest BCUT2D eigenvalue weighted by atomic mass is 9.92. The van der Waals surface area contributed by atoms with E-state index in [2.05, 4.69) is 10.3 Å². The standard InChI is InChI=1S/C15H21N3O3/c19-14(20)5-4-12-6-9-18(10-7-12)15(21)17-11-13-3-1-2-8-16-13/h1-3,8,12H,4-7,9-11H2,(H,17,21)(H,19,20). The van der Waals surface area contributed by atoms with Gasteiger partial charge in [0.25, 0.3) is 0 Å². The molecular weight excluding hydrogens is 270 g/mol. The lowest BCUT2D eigenvalue weighted by Crippen LogP contribution is -2.44. The van der Waals surface area contributed by atoms with Crippen LogP contribution in [0.2, 0.25) is 0 Å². The lowest BCUT2D eigenvalue weighted by molar-refractivity contribution is -0.137. The van der Waals surface area contributed by atoms with Crippen molar-refractivity contribution in [1.29, 1.82) is 0 Å². The molecule has 1 fully saturated rings. The quantitative estimate of drug-likeness (QED) is 0.867. The summed E-state index contributed by atoms with van der Waals surface area (Å²) in [6.07, 6.45) is 4.39. The maximum Gasteiger partial charge on any atom is 0.317 e. The first-order valence-electron chi connectivity index (χ1n) is 7.29. The molecule has 1 saturated heterocycles. The Balaban J connectivity index is 1.69. The van der Waals surface area contributed by atoms with Crippen molar-refractivity contribution in [3.63, 3.8) is 0 Å². The summed E-state index contributed by atoms with van der Waals surface area (Å²) in [6, 6.07) is 5.53. The van der Waals surface area contributed by atoms with Crippen molar-refractivity contribution in [3.05, 3.63) is 30.1 Å². The Labute approximate surface area is 124 Å². The highest BCUT2D eigenvalue weighted by molar-refractivity contribution is 5.74. The first-order valence-corrected chi connectivity index (χ1v) is 7.29. The average Bonchev–Trinajstić information content (AvgIpc) is 2.52. The number of carbonyl (C=O) groups excluding carboxylic acids is 1. The normalized spacial score (nSPS) is 15.7. The van der Waals surface area contributed by atoms with Gasteiger partial charge in [0.1, 0.15) is 0 Å². The summed E-state index contributed by atoms with van der Waals surface area (Å²) < 4.78 is 0. The molecule has 0 unspecified atom stereocenters. The predicted molar refractivity (Wildman–Crippen MR) is 77.6 cm³/mol. The minimum atomic E-state index is -0.745. The van der Waals surface area contributed by atoms with Gasteiger partial charge in [-0.3, -0.25) is 9.78 Å². The van der Waals surface area contributed by atoms with Gasteiger partial charge in [0, 0.05) is 25.7 Å². The summed E-state index contributed by atoms with van der Waals surface area (Å²) >= 11 is 0. The van der Waals surface area contributed by atoms with E-state index < -0.39 is 5.97 Å². The maximum atomic E-state index is 12.0. The molecule has 0 aromatic carbocycles. The minimum Gasteiger partial charge on any atom is -0.481 e. The monoisotopic (exact) mass is 291 g/mol. The SMILES string of the molecule is O=C(O)CCC1CCN(C(=O)NCc2ccccn2)CC1. The Bertz CT molecular complexity index is 470. The van der Waals surface area contributed by atoms with E-state index in [1.807, 2.05) is 18.2 Å². The third-order valence-electron chi connectivity index (χ3n) is 3.82. The molecule has 0 atom stereocenters. The molecule has 2 amide bonds. The Hall–Kier alpha value is -2.11. The molecule has 0 radical (unpaired) electrons. The van der Waals surface area contributed by atoms with Gasteiger partial charge >= 0.3 is 12.0 Å². The maximum absolute atomic E-state index is 12.0. The topological polar surface area (TPSA) is 82.5 Å². The van der Waals surface area contributed by atoms with E-state index in [-0.39, 0.29) is 12.5 Å². The average molecular weight is 291 g/mol. The van der Waals surface area contributed by atoms with E-state index in [4.69, 9.17) is 5.11 Å². The van der Waals surface area contributed by atoms with Crippen LogP contribution in [0.3, 0.4) is 0 Å². The summed E-state index contributed by atoms with van der Waals surface area (Å²) in [7, 11) is 0. The van der Waals surface area contributed by atoms with Crippen molar-refractivity contribution in [2.24, 2.45) is 5.92 Å². The third-order valence-corrected chi connectivity index (χ3v) is 3.82. The number of rotatable bonds is 5. The van der Waals surface area contributed by atoms with Crippen LogP contribution >= 0.6 is 0 Å². The Kier molecular flexibility index (Phi) is 5.54. The molecule has 0 bridgehead atoms. The molecule has 0 spiro atoms. The van der Waals surface area contributed by atoms with Gasteiger partial charge in [-0.15, -0.1) is 0 Å². The van der Waals surface area contributed by atoms with Gasteiger partial charge in [0.2, 0.25) is 0 Å². The number of urea groups is 1. The van der Waals surface area contributed by atoms with E-state index in [1.54, 1.807) is 11.1 Å². The number of nitrogens with one attached hydrogen (secondary N) is 1. The summed E-state index contributed by atoms with van der Waals surface area (Å²) in [5, 5.41) is 11.5. The number of nitrogens with zero attached hydrogens (tertiary/aromatic N) is 2. The molecule has 2 heterocycles. The second-order valence-electron chi connectivity index (χ2n) is 5.34. The first kappa shape index (κ1) is 15.3. The first-order chi connectivity index (χ1) is 10.1. The van der Waals surface area contributed by atoms with Crippen LogP contribution in [0.5, 0.6) is 0 Å². The smallest absolute Gasteiger partial charge is 0.317 e. The number of aromatic nitrogens is 1. The molecule has 2 rings (SSSR count). The van der Waals surface area contributed by atoms with Crippen LogP contribution in [0, 0.1) is 5.92 Å². The summed E-state index contributed by atoms with van der Waals surface area (Å²) in [5.74, 6) is -0.327. The molecule has 1 aromatic rings. The van der Waals surface area contributed by atoms with Gasteiger partial charge in [0.05, 0.1) is 12.2 Å². The highest BCUT2D eigenvalue weighted by atomic mass is 16.4. The lowest BCUT2D eigenvalue weighted by Gasteiger charge is -2.31. The molecule has 1 aromatic heterocycles. The molecule has 0 saturated carbocycles. The number of carboxylic acid groups (broad SMARTS) is 1. The zero-order chi connectivity index (χ0) is 15.1. The molecule has 1 aliphatic rings. The largest absolute Gasteiger partial charge is 0.481 e. The van der Waals surface area contributed by atoms with Gasteiger partial charge in [-0.1, -0.05) is 6.07 Å². The number of carboxylic acids is 1. The number of carbonyl (C=O) groups is 2. The van der Waals surface area contributed by atoms with Crippen LogP contribution in [0.4, 0.5) is 4.79 Å². The fraction of sp³-hybridized carbons (Fsp3) is 0.533. The van der Waals surface area contributed by atoms with Gasteiger partial charge in [-0.2, -0.15) is 0 Å². The van der Waals surface area contributed by atoms with Gasteiger partial charge in [0.15, 0.2) is 0 Å². The third kappa shape index (κ3) is 5.06. The minimum absolute atomic E-state index is 0.0719. The van der Waals surface area contributed by atoms with Gasteiger partial charge < -0.3 is 15.3 Å². The number of pyridine rings is 1. The molecular formula is C15H21N3O3. The summed E-state index contributed by atoms with van der Waals surface area (Å²) in [6.45, 7) is 1.81. The molecule has 2 N–H and O–H groups in total. The number of hydrogen-bond donors (Lipinski definition) is 2. The highest BCUT2D eigenvalue weighted by Gasteiger charge is 2.22. The predicted octanol–water partition coefficient (Wildman–Crippen LogP) is 1.87. The number of aliphatic carboxylic acids is 1.